The van der Waals surface area contributed by atoms with Crippen molar-refractivity contribution >= 4 is 23.1 Å². The van der Waals surface area contributed by atoms with Crippen molar-refractivity contribution in [2.75, 3.05) is 38.3 Å². The largest absolute Gasteiger partial charge is 0.494 e. The number of rotatable bonds is 11. The second-order valence-corrected chi connectivity index (χ2v) is 12.4. The molecule has 0 spiro atoms. The molecule has 0 unspecified atom stereocenters. The Labute approximate surface area is 278 Å². The average Bonchev–Trinajstić information content (AvgIpc) is 3.35. The fourth-order valence-corrected chi connectivity index (χ4v) is 5.48. The highest BCUT2D eigenvalue weighted by Gasteiger charge is 2.38. The minimum atomic E-state index is -5.08. The second-order valence-electron chi connectivity index (χ2n) is 12.4. The topological polar surface area (TPSA) is 144 Å². The number of nitrogens with zero attached hydrogens (tertiary/aromatic N) is 5. The molecule has 0 radical (unpaired) electrons. The predicted octanol–water partition coefficient (Wildman–Crippen LogP) is 5.36. The SMILES string of the molecule is CCc1c(OC(CC)CC)nn2c(=N)n(CC(=O)c3cc(N4CCOCC4)c(OC)c(C(C)(C)C)c3)nc2c1CC.O=C(O)C(F)(F)F. The van der Waals surface area contributed by atoms with Crippen molar-refractivity contribution < 1.29 is 42.1 Å². The number of aryl methyl sites for hydroxylation is 1. The van der Waals surface area contributed by atoms with Crippen molar-refractivity contribution in [2.45, 2.75) is 98.4 Å². The van der Waals surface area contributed by atoms with Crippen LogP contribution in [0.25, 0.3) is 5.65 Å². The zero-order chi connectivity index (χ0) is 36.0. The number of ether oxygens (including phenoxy) is 3. The number of hydrogen-bond acceptors (Lipinski definition) is 9. The van der Waals surface area contributed by atoms with Gasteiger partial charge in [-0.1, -0.05) is 48.5 Å². The molecule has 266 valence electrons. The average molecular weight is 681 g/mol. The molecule has 0 bridgehead atoms. The minimum Gasteiger partial charge on any atom is -0.494 e. The van der Waals surface area contributed by atoms with Crippen LogP contribution in [0.2, 0.25) is 0 Å². The molecule has 2 aromatic heterocycles. The van der Waals surface area contributed by atoms with Gasteiger partial charge in [-0.05, 0) is 43.2 Å². The number of fused-ring (bicyclic) bond motifs is 1. The summed E-state index contributed by atoms with van der Waals surface area (Å²) in [5.74, 6) is -1.55. The molecule has 3 heterocycles. The Morgan fingerprint density at radius 1 is 1.02 bits per heavy atom. The molecule has 48 heavy (non-hydrogen) atoms. The van der Waals surface area contributed by atoms with E-state index >= 15 is 0 Å². The van der Waals surface area contributed by atoms with E-state index in [1.54, 1.807) is 7.11 Å². The maximum atomic E-state index is 13.8. The summed E-state index contributed by atoms with van der Waals surface area (Å²) in [7, 11) is 1.68. The van der Waals surface area contributed by atoms with Crippen molar-refractivity contribution in [1.82, 2.24) is 19.4 Å². The van der Waals surface area contributed by atoms with Gasteiger partial charge in [0.1, 0.15) is 12.3 Å². The summed E-state index contributed by atoms with van der Waals surface area (Å²) < 4.78 is 52.5. The quantitative estimate of drug-likeness (QED) is 0.256. The molecule has 12 nitrogen and oxygen atoms in total. The number of anilines is 1. The van der Waals surface area contributed by atoms with Crippen LogP contribution in [0.15, 0.2) is 12.1 Å². The van der Waals surface area contributed by atoms with E-state index in [1.807, 2.05) is 12.1 Å². The first-order chi connectivity index (χ1) is 22.5. The Kier molecular flexibility index (Phi) is 12.6. The summed E-state index contributed by atoms with van der Waals surface area (Å²) in [6.07, 6.45) is -1.83. The molecule has 0 aliphatic carbocycles. The third-order valence-corrected chi connectivity index (χ3v) is 8.13. The first-order valence-corrected chi connectivity index (χ1v) is 16.1. The van der Waals surface area contributed by atoms with Gasteiger partial charge in [0.05, 0.1) is 32.1 Å². The fraction of sp³-hybridized carbons (Fsp3) is 0.606. The molecular weight excluding hydrogens is 633 g/mol. The lowest BCUT2D eigenvalue weighted by atomic mass is 9.84. The van der Waals surface area contributed by atoms with E-state index in [-0.39, 0.29) is 29.5 Å². The molecule has 2 N–H and O–H groups in total. The number of halogens is 3. The summed E-state index contributed by atoms with van der Waals surface area (Å²) in [5, 5.41) is 25.5. The van der Waals surface area contributed by atoms with E-state index in [4.69, 9.17) is 39.7 Å². The van der Waals surface area contributed by atoms with Gasteiger partial charge in [-0.2, -0.15) is 17.7 Å². The van der Waals surface area contributed by atoms with E-state index in [1.165, 1.54) is 9.20 Å². The molecule has 1 fully saturated rings. The predicted molar refractivity (Wildman–Crippen MR) is 173 cm³/mol. The van der Waals surface area contributed by atoms with Crippen LogP contribution in [0.1, 0.15) is 88.4 Å². The first kappa shape index (κ1) is 38.3. The molecule has 1 aromatic carbocycles. The van der Waals surface area contributed by atoms with Crippen LogP contribution in [0.5, 0.6) is 11.6 Å². The van der Waals surface area contributed by atoms with Crippen molar-refractivity contribution in [3.05, 3.63) is 40.0 Å². The number of Topliss-reactive ketones (excluding diaryl/α,β-unsaturated/α-hetero) is 1. The van der Waals surface area contributed by atoms with Gasteiger partial charge in [-0.25, -0.2) is 9.48 Å². The van der Waals surface area contributed by atoms with Gasteiger partial charge in [-0.15, -0.1) is 10.2 Å². The molecule has 1 saturated heterocycles. The lowest BCUT2D eigenvalue weighted by Gasteiger charge is -2.33. The number of hydrogen-bond donors (Lipinski definition) is 2. The smallest absolute Gasteiger partial charge is 0.490 e. The molecule has 0 saturated carbocycles. The van der Waals surface area contributed by atoms with E-state index < -0.39 is 12.1 Å². The van der Waals surface area contributed by atoms with Gasteiger partial charge in [0.2, 0.25) is 11.5 Å². The fourth-order valence-electron chi connectivity index (χ4n) is 5.48. The van der Waals surface area contributed by atoms with E-state index in [0.717, 1.165) is 66.9 Å². The Balaban J connectivity index is 0.000000804. The summed E-state index contributed by atoms with van der Waals surface area (Å²) in [6.45, 7) is 17.3. The summed E-state index contributed by atoms with van der Waals surface area (Å²) >= 11 is 0. The standard InChI is InChI=1S/C31H46N6O4.C2HF3O2/c1-9-21(10-2)41-29-23(12-4)22(11-3)28-33-36(30(32)37(28)34-29)19-26(38)20-17-24(31(5,6)7)27(39-8)25(18-20)35-13-15-40-16-14-35;3-2(4,5)1(6)7/h17-18,21,32H,9-16,19H2,1-8H3;(H,6,7). The van der Waals surface area contributed by atoms with Gasteiger partial charge in [0.25, 0.3) is 0 Å². The highest BCUT2D eigenvalue weighted by atomic mass is 19.4. The molecule has 0 amide bonds. The van der Waals surface area contributed by atoms with Crippen LogP contribution < -0.4 is 20.0 Å². The van der Waals surface area contributed by atoms with Crippen molar-refractivity contribution in [2.24, 2.45) is 0 Å². The van der Waals surface area contributed by atoms with Crippen molar-refractivity contribution in [3.8, 4) is 11.6 Å². The number of carboxylic acids is 1. The van der Waals surface area contributed by atoms with Gasteiger partial charge in [-0.3, -0.25) is 10.2 Å². The lowest BCUT2D eigenvalue weighted by molar-refractivity contribution is -0.192. The van der Waals surface area contributed by atoms with Crippen LogP contribution in [0.4, 0.5) is 18.9 Å². The lowest BCUT2D eigenvalue weighted by Crippen LogP contribution is -2.37. The van der Waals surface area contributed by atoms with Crippen molar-refractivity contribution in [1.29, 1.82) is 5.41 Å². The number of nitrogens with one attached hydrogen (secondary N) is 1. The number of carbonyl (C=O) groups excluding carboxylic acids is 1. The van der Waals surface area contributed by atoms with Crippen LogP contribution in [-0.2, 0) is 34.3 Å². The van der Waals surface area contributed by atoms with E-state index in [9.17, 15) is 18.0 Å². The summed E-state index contributed by atoms with van der Waals surface area (Å²) in [5.41, 5.74) is 4.81. The van der Waals surface area contributed by atoms with E-state index in [2.05, 4.69) is 53.4 Å². The number of benzene rings is 1. The van der Waals surface area contributed by atoms with Crippen molar-refractivity contribution in [3.63, 3.8) is 0 Å². The monoisotopic (exact) mass is 680 g/mol. The summed E-state index contributed by atoms with van der Waals surface area (Å²) in [4.78, 5) is 25.0. The highest BCUT2D eigenvalue weighted by molar-refractivity contribution is 5.98. The molecular formula is C33H47F3N6O6. The van der Waals surface area contributed by atoms with Gasteiger partial charge in [0.15, 0.2) is 11.4 Å². The molecule has 4 rings (SSSR count). The Bertz CT molecular complexity index is 1650. The first-order valence-electron chi connectivity index (χ1n) is 16.1. The maximum Gasteiger partial charge on any atom is 0.490 e. The number of aromatic nitrogens is 4. The summed E-state index contributed by atoms with van der Waals surface area (Å²) in [6, 6.07) is 3.84. The highest BCUT2D eigenvalue weighted by Crippen LogP contribution is 2.40. The molecule has 0 atom stereocenters. The van der Waals surface area contributed by atoms with Gasteiger partial charge >= 0.3 is 12.1 Å². The minimum absolute atomic E-state index is 0.0399. The van der Waals surface area contributed by atoms with Crippen LogP contribution in [-0.4, -0.2) is 81.9 Å². The van der Waals surface area contributed by atoms with E-state index in [0.29, 0.717) is 30.3 Å². The third kappa shape index (κ3) is 8.65. The normalized spacial score (nSPS) is 13.8. The number of morpholine rings is 1. The van der Waals surface area contributed by atoms with Crippen LogP contribution in [0.3, 0.4) is 0 Å². The molecule has 3 aromatic rings. The number of aliphatic carboxylic acids is 1. The molecule has 1 aliphatic heterocycles. The van der Waals surface area contributed by atoms with Gasteiger partial charge < -0.3 is 24.2 Å². The molecule has 1 aliphatic rings. The number of carboxylic acid groups (broad SMARTS) is 1. The van der Waals surface area contributed by atoms with Gasteiger partial charge in [0, 0.05) is 35.3 Å². The van der Waals surface area contributed by atoms with Crippen LogP contribution >= 0.6 is 0 Å². The molecule has 15 heteroatoms. The Hall–Kier alpha value is -4.14. The number of alkyl halides is 3. The second kappa shape index (κ2) is 15.8. The van der Waals surface area contributed by atoms with Crippen LogP contribution in [0, 0.1) is 5.41 Å². The number of carbonyl (C=O) groups is 2. The maximum absolute atomic E-state index is 13.8. The zero-order valence-electron chi connectivity index (χ0n) is 29.0. The Morgan fingerprint density at radius 2 is 1.60 bits per heavy atom. The number of methoxy groups -OCH3 is 1. The Morgan fingerprint density at radius 3 is 2.08 bits per heavy atom. The third-order valence-electron chi connectivity index (χ3n) is 8.13. The zero-order valence-corrected chi connectivity index (χ0v) is 29.0. The number of ketones is 1.